The van der Waals surface area contributed by atoms with Crippen molar-refractivity contribution in [3.05, 3.63) is 89.9 Å². The van der Waals surface area contributed by atoms with Gasteiger partial charge in [0.05, 0.1) is 24.8 Å². The van der Waals surface area contributed by atoms with Crippen LogP contribution in [-0.4, -0.2) is 22.4 Å². The van der Waals surface area contributed by atoms with Gasteiger partial charge in [0, 0.05) is 24.1 Å². The third kappa shape index (κ3) is 5.43. The maximum absolute atomic E-state index is 12.9. The van der Waals surface area contributed by atoms with Crippen molar-refractivity contribution < 1.29 is 27.4 Å². The van der Waals surface area contributed by atoms with Crippen LogP contribution in [0.25, 0.3) is 5.65 Å². The number of hydrogen-bond donors (Lipinski definition) is 1. The number of alkyl halides is 3. The topological polar surface area (TPSA) is 64.9 Å². The van der Waals surface area contributed by atoms with Gasteiger partial charge in [0.15, 0.2) is 11.5 Å². The van der Waals surface area contributed by atoms with E-state index in [1.165, 1.54) is 19.2 Å². The molecule has 6 nitrogen and oxygen atoms in total. The number of carbonyl (C=O) groups is 1. The summed E-state index contributed by atoms with van der Waals surface area (Å²) in [6, 6.07) is 15.2. The molecule has 0 aliphatic rings. The van der Waals surface area contributed by atoms with Crippen molar-refractivity contribution in [2.45, 2.75) is 19.2 Å². The number of fused-ring (bicyclic) bond motifs is 1. The number of aromatic nitrogens is 2. The van der Waals surface area contributed by atoms with Crippen LogP contribution in [-0.2, 0) is 24.0 Å². The average molecular weight is 455 g/mol. The second kappa shape index (κ2) is 9.23. The predicted molar refractivity (Wildman–Crippen MR) is 116 cm³/mol. The SMILES string of the molecule is COc1ccc(NC(=O)Cc2cccc(C(F)(F)F)c2)cc1OCc1cn2ccccc2n1. The quantitative estimate of drug-likeness (QED) is 0.420. The van der Waals surface area contributed by atoms with E-state index in [9.17, 15) is 18.0 Å². The van der Waals surface area contributed by atoms with Crippen LogP contribution >= 0.6 is 0 Å². The standard InChI is InChI=1S/C24H20F3N3O3/c1-32-20-9-8-18(29-23(31)12-16-5-4-6-17(11-16)24(25,26)27)13-21(20)33-15-19-14-30-10-3-2-7-22(30)28-19/h2-11,13-14H,12,15H2,1H3,(H,29,31). The Balaban J connectivity index is 1.44. The van der Waals surface area contributed by atoms with E-state index < -0.39 is 17.6 Å². The molecule has 0 fully saturated rings. The van der Waals surface area contributed by atoms with Gasteiger partial charge in [-0.3, -0.25) is 4.79 Å². The first-order valence-corrected chi connectivity index (χ1v) is 10.0. The Labute approximate surface area is 187 Å². The Morgan fingerprint density at radius 1 is 1.06 bits per heavy atom. The highest BCUT2D eigenvalue weighted by atomic mass is 19.4. The minimum absolute atomic E-state index is 0.180. The molecule has 0 bridgehead atoms. The van der Waals surface area contributed by atoms with Crippen LogP contribution < -0.4 is 14.8 Å². The van der Waals surface area contributed by atoms with Gasteiger partial charge in [-0.15, -0.1) is 0 Å². The number of benzene rings is 2. The smallest absolute Gasteiger partial charge is 0.416 e. The molecule has 170 valence electrons. The summed E-state index contributed by atoms with van der Waals surface area (Å²) < 4.78 is 51.7. The van der Waals surface area contributed by atoms with E-state index in [2.05, 4.69) is 10.3 Å². The predicted octanol–water partition coefficient (Wildman–Crippen LogP) is 5.12. The number of ether oxygens (including phenoxy) is 2. The van der Waals surface area contributed by atoms with Crippen LogP contribution in [0.1, 0.15) is 16.8 Å². The van der Waals surface area contributed by atoms with E-state index >= 15 is 0 Å². The summed E-state index contributed by atoms with van der Waals surface area (Å²) in [6.45, 7) is 0.180. The van der Waals surface area contributed by atoms with Gasteiger partial charge >= 0.3 is 6.18 Å². The molecule has 1 N–H and O–H groups in total. The van der Waals surface area contributed by atoms with E-state index in [1.54, 1.807) is 18.2 Å². The minimum atomic E-state index is -4.46. The molecule has 9 heteroatoms. The summed E-state index contributed by atoms with van der Waals surface area (Å²) in [7, 11) is 1.50. The van der Waals surface area contributed by atoms with Crippen molar-refractivity contribution in [3.8, 4) is 11.5 Å². The maximum Gasteiger partial charge on any atom is 0.416 e. The van der Waals surface area contributed by atoms with Crippen molar-refractivity contribution >= 4 is 17.2 Å². The molecule has 4 aromatic rings. The second-order valence-electron chi connectivity index (χ2n) is 7.28. The van der Waals surface area contributed by atoms with Gasteiger partial charge in [0.1, 0.15) is 12.3 Å². The van der Waals surface area contributed by atoms with Crippen molar-refractivity contribution in [2.24, 2.45) is 0 Å². The van der Waals surface area contributed by atoms with Crippen LogP contribution in [0.4, 0.5) is 18.9 Å². The van der Waals surface area contributed by atoms with E-state index in [1.807, 2.05) is 35.0 Å². The highest BCUT2D eigenvalue weighted by Crippen LogP contribution is 2.32. The van der Waals surface area contributed by atoms with Crippen molar-refractivity contribution in [2.75, 3.05) is 12.4 Å². The molecule has 0 aliphatic carbocycles. The molecule has 0 saturated heterocycles. The van der Waals surface area contributed by atoms with Crippen LogP contribution in [0.15, 0.2) is 73.1 Å². The lowest BCUT2D eigenvalue weighted by Gasteiger charge is -2.13. The van der Waals surface area contributed by atoms with E-state index in [4.69, 9.17) is 9.47 Å². The van der Waals surface area contributed by atoms with E-state index in [-0.39, 0.29) is 18.6 Å². The maximum atomic E-state index is 12.9. The lowest BCUT2D eigenvalue weighted by molar-refractivity contribution is -0.137. The fourth-order valence-electron chi connectivity index (χ4n) is 3.32. The Hall–Kier alpha value is -4.01. The molecular weight excluding hydrogens is 435 g/mol. The van der Waals surface area contributed by atoms with Crippen molar-refractivity contribution in [1.82, 2.24) is 9.38 Å². The number of nitrogens with one attached hydrogen (secondary N) is 1. The van der Waals surface area contributed by atoms with Crippen LogP contribution in [0, 0.1) is 0 Å². The summed E-state index contributed by atoms with van der Waals surface area (Å²) in [5.41, 5.74) is 1.40. The molecule has 33 heavy (non-hydrogen) atoms. The Bertz CT molecular complexity index is 1250. The fourth-order valence-corrected chi connectivity index (χ4v) is 3.32. The van der Waals surface area contributed by atoms with Gasteiger partial charge in [0.25, 0.3) is 0 Å². The highest BCUT2D eigenvalue weighted by Gasteiger charge is 2.30. The highest BCUT2D eigenvalue weighted by molar-refractivity contribution is 5.92. The van der Waals surface area contributed by atoms with Gasteiger partial charge in [-0.25, -0.2) is 4.98 Å². The molecule has 1 amide bonds. The lowest BCUT2D eigenvalue weighted by atomic mass is 10.1. The number of imidazole rings is 1. The molecule has 0 unspecified atom stereocenters. The first-order chi connectivity index (χ1) is 15.8. The minimum Gasteiger partial charge on any atom is -0.493 e. The second-order valence-corrected chi connectivity index (χ2v) is 7.28. The molecule has 0 spiro atoms. The number of carbonyl (C=O) groups excluding carboxylic acids is 1. The molecule has 0 saturated carbocycles. The first kappa shape index (κ1) is 22.2. The number of amides is 1. The van der Waals surface area contributed by atoms with E-state index in [0.717, 1.165) is 17.8 Å². The van der Waals surface area contributed by atoms with Crippen LogP contribution in [0.3, 0.4) is 0 Å². The number of rotatable bonds is 7. The fraction of sp³-hybridized carbons (Fsp3) is 0.167. The number of hydrogen-bond acceptors (Lipinski definition) is 4. The Morgan fingerprint density at radius 2 is 1.91 bits per heavy atom. The van der Waals surface area contributed by atoms with Gasteiger partial charge in [-0.2, -0.15) is 13.2 Å². The zero-order valence-electron chi connectivity index (χ0n) is 17.6. The van der Waals surface area contributed by atoms with Gasteiger partial charge in [0.2, 0.25) is 5.91 Å². The number of methoxy groups -OCH3 is 1. The third-order valence-electron chi connectivity index (χ3n) is 4.86. The summed E-state index contributed by atoms with van der Waals surface area (Å²) in [5, 5.41) is 2.68. The monoisotopic (exact) mass is 455 g/mol. The Morgan fingerprint density at radius 3 is 2.67 bits per heavy atom. The zero-order valence-corrected chi connectivity index (χ0v) is 17.6. The molecule has 2 aromatic carbocycles. The number of pyridine rings is 1. The number of nitrogens with zero attached hydrogens (tertiary/aromatic N) is 2. The first-order valence-electron chi connectivity index (χ1n) is 10.0. The largest absolute Gasteiger partial charge is 0.493 e. The lowest BCUT2D eigenvalue weighted by Crippen LogP contribution is -2.15. The van der Waals surface area contributed by atoms with Gasteiger partial charge in [-0.1, -0.05) is 24.3 Å². The number of anilines is 1. The molecule has 0 radical (unpaired) electrons. The molecule has 2 aromatic heterocycles. The molecule has 0 aliphatic heterocycles. The van der Waals surface area contributed by atoms with Crippen LogP contribution in [0.5, 0.6) is 11.5 Å². The summed E-state index contributed by atoms with van der Waals surface area (Å²) >= 11 is 0. The van der Waals surface area contributed by atoms with Crippen molar-refractivity contribution in [3.63, 3.8) is 0 Å². The number of halogens is 3. The Kier molecular flexibility index (Phi) is 6.21. The zero-order chi connectivity index (χ0) is 23.4. The normalized spacial score (nSPS) is 11.4. The van der Waals surface area contributed by atoms with Crippen molar-refractivity contribution in [1.29, 1.82) is 0 Å². The van der Waals surface area contributed by atoms with Gasteiger partial charge in [-0.05, 0) is 35.9 Å². The molecule has 4 rings (SSSR count). The summed E-state index contributed by atoms with van der Waals surface area (Å²) in [4.78, 5) is 16.9. The third-order valence-corrected chi connectivity index (χ3v) is 4.86. The van der Waals surface area contributed by atoms with Crippen LogP contribution in [0.2, 0.25) is 0 Å². The van der Waals surface area contributed by atoms with Gasteiger partial charge < -0.3 is 19.2 Å². The average Bonchev–Trinajstić information content (AvgIpc) is 3.20. The molecule has 0 atom stereocenters. The van der Waals surface area contributed by atoms with E-state index in [0.29, 0.717) is 22.9 Å². The molecule has 2 heterocycles. The summed E-state index contributed by atoms with van der Waals surface area (Å²) in [6.07, 6.45) is -0.932. The summed E-state index contributed by atoms with van der Waals surface area (Å²) in [5.74, 6) is 0.409. The molecular formula is C24H20F3N3O3.